The fourth-order valence-corrected chi connectivity index (χ4v) is 3.97. The van der Waals surface area contributed by atoms with E-state index in [0.717, 1.165) is 31.4 Å². The Kier molecular flexibility index (Phi) is 5.87. The molecule has 1 unspecified atom stereocenters. The molecule has 0 saturated carbocycles. The first-order valence-electron chi connectivity index (χ1n) is 8.40. The first-order chi connectivity index (χ1) is 10.7. The lowest BCUT2D eigenvalue weighted by molar-refractivity contribution is 0.00950. The van der Waals surface area contributed by atoms with E-state index in [1.54, 1.807) is 19.2 Å². The van der Waals surface area contributed by atoms with Crippen molar-refractivity contribution in [2.24, 2.45) is 0 Å². The normalized spacial score (nSPS) is 20.0. The first kappa shape index (κ1) is 18.4. The average Bonchev–Trinajstić information content (AvgIpc) is 2.52. The Morgan fingerprint density at radius 1 is 1.17 bits per heavy atom. The van der Waals surface area contributed by atoms with Gasteiger partial charge in [-0.2, -0.15) is 0 Å². The van der Waals surface area contributed by atoms with Crippen LogP contribution in [0.1, 0.15) is 52.0 Å². The molecule has 0 radical (unpaired) electrons. The molecule has 0 aromatic heterocycles. The molecule has 0 amide bonds. The second-order valence-corrected chi connectivity index (χ2v) is 9.42. The summed E-state index contributed by atoms with van der Waals surface area (Å²) in [4.78, 5) is 0.359. The van der Waals surface area contributed by atoms with E-state index in [-0.39, 0.29) is 11.5 Å². The van der Waals surface area contributed by atoms with Crippen molar-refractivity contribution in [2.45, 2.75) is 62.9 Å². The number of benzene rings is 1. The zero-order valence-corrected chi connectivity index (χ0v) is 15.5. The molecule has 1 saturated heterocycles. The Morgan fingerprint density at radius 3 is 2.35 bits per heavy atom. The van der Waals surface area contributed by atoms with Crippen molar-refractivity contribution in [2.75, 3.05) is 20.2 Å². The Balaban J connectivity index is 2.01. The highest BCUT2D eigenvalue weighted by atomic mass is 32.2. The standard InChI is InChI=1S/C18H29NO3S/c1-18(2,3)15-8-10-17(11-9-15)23(20,21)19(4)13-12-16-7-5-6-14-22-16/h8-11,16H,5-7,12-14H2,1-4H3. The second kappa shape index (κ2) is 7.32. The molecular formula is C18H29NO3S. The summed E-state index contributed by atoms with van der Waals surface area (Å²) < 4.78 is 32.4. The number of hydrogen-bond donors (Lipinski definition) is 0. The fourth-order valence-electron chi connectivity index (χ4n) is 2.79. The molecular weight excluding hydrogens is 310 g/mol. The maximum absolute atomic E-state index is 12.7. The van der Waals surface area contributed by atoms with Gasteiger partial charge in [-0.15, -0.1) is 0 Å². The number of ether oxygens (including phenoxy) is 1. The van der Waals surface area contributed by atoms with Crippen LogP contribution in [0.2, 0.25) is 0 Å². The van der Waals surface area contributed by atoms with Gasteiger partial charge >= 0.3 is 0 Å². The minimum Gasteiger partial charge on any atom is -0.378 e. The lowest BCUT2D eigenvalue weighted by Gasteiger charge is -2.25. The van der Waals surface area contributed by atoms with Gasteiger partial charge in [0.1, 0.15) is 0 Å². The molecule has 0 aliphatic carbocycles. The Bertz CT molecular complexity index is 596. The summed E-state index contributed by atoms with van der Waals surface area (Å²) in [5.74, 6) is 0. The smallest absolute Gasteiger partial charge is 0.242 e. The van der Waals surface area contributed by atoms with E-state index in [4.69, 9.17) is 4.74 Å². The Labute approximate surface area is 140 Å². The van der Waals surface area contributed by atoms with Crippen LogP contribution in [0.5, 0.6) is 0 Å². The van der Waals surface area contributed by atoms with Gasteiger partial charge < -0.3 is 4.74 Å². The lowest BCUT2D eigenvalue weighted by atomic mass is 9.87. The van der Waals surface area contributed by atoms with Gasteiger partial charge in [0.2, 0.25) is 10.0 Å². The van der Waals surface area contributed by atoms with Gasteiger partial charge in [-0.3, -0.25) is 0 Å². The van der Waals surface area contributed by atoms with Crippen molar-refractivity contribution >= 4 is 10.0 Å². The maximum Gasteiger partial charge on any atom is 0.242 e. The van der Waals surface area contributed by atoms with E-state index in [1.807, 2.05) is 12.1 Å². The van der Waals surface area contributed by atoms with Gasteiger partial charge in [-0.1, -0.05) is 32.9 Å². The predicted molar refractivity (Wildman–Crippen MR) is 93.2 cm³/mol. The van der Waals surface area contributed by atoms with Crippen molar-refractivity contribution in [3.05, 3.63) is 29.8 Å². The molecule has 1 aromatic carbocycles. The molecule has 2 rings (SSSR count). The third-order valence-electron chi connectivity index (χ3n) is 4.47. The minimum atomic E-state index is -3.42. The summed E-state index contributed by atoms with van der Waals surface area (Å²) in [5.41, 5.74) is 1.15. The van der Waals surface area contributed by atoms with E-state index in [9.17, 15) is 8.42 Å². The predicted octanol–water partition coefficient (Wildman–Crippen LogP) is 3.56. The zero-order chi connectivity index (χ0) is 17.1. The average molecular weight is 340 g/mol. The molecule has 130 valence electrons. The van der Waals surface area contributed by atoms with E-state index < -0.39 is 10.0 Å². The molecule has 0 spiro atoms. The molecule has 4 nitrogen and oxygen atoms in total. The highest BCUT2D eigenvalue weighted by molar-refractivity contribution is 7.89. The molecule has 23 heavy (non-hydrogen) atoms. The van der Waals surface area contributed by atoms with Crippen molar-refractivity contribution in [1.82, 2.24) is 4.31 Å². The van der Waals surface area contributed by atoms with Gasteiger partial charge in [0.15, 0.2) is 0 Å². The monoisotopic (exact) mass is 339 g/mol. The molecule has 1 fully saturated rings. The third-order valence-corrected chi connectivity index (χ3v) is 6.34. The SMILES string of the molecule is CN(CCC1CCCCO1)S(=O)(=O)c1ccc(C(C)(C)C)cc1. The molecule has 5 heteroatoms. The van der Waals surface area contributed by atoms with Crippen LogP contribution in [0.4, 0.5) is 0 Å². The quantitative estimate of drug-likeness (QED) is 0.824. The van der Waals surface area contributed by atoms with E-state index in [1.165, 1.54) is 10.7 Å². The summed E-state index contributed by atoms with van der Waals surface area (Å²) in [6.07, 6.45) is 4.29. The van der Waals surface area contributed by atoms with E-state index >= 15 is 0 Å². The first-order valence-corrected chi connectivity index (χ1v) is 9.84. The fraction of sp³-hybridized carbons (Fsp3) is 0.667. The molecule has 1 aliphatic rings. The number of rotatable bonds is 5. The largest absolute Gasteiger partial charge is 0.378 e. The van der Waals surface area contributed by atoms with Crippen LogP contribution in [-0.4, -0.2) is 39.0 Å². The molecule has 0 N–H and O–H groups in total. The van der Waals surface area contributed by atoms with Crippen LogP contribution in [0, 0.1) is 0 Å². The minimum absolute atomic E-state index is 0.0204. The zero-order valence-electron chi connectivity index (χ0n) is 14.7. The van der Waals surface area contributed by atoms with Crippen LogP contribution in [0.15, 0.2) is 29.2 Å². The second-order valence-electron chi connectivity index (χ2n) is 7.38. The number of nitrogens with zero attached hydrogens (tertiary/aromatic N) is 1. The molecule has 1 heterocycles. The highest BCUT2D eigenvalue weighted by Crippen LogP contribution is 2.24. The molecule has 1 aromatic rings. The number of sulfonamides is 1. The van der Waals surface area contributed by atoms with Crippen LogP contribution in [0.25, 0.3) is 0 Å². The Morgan fingerprint density at radius 2 is 1.83 bits per heavy atom. The van der Waals surface area contributed by atoms with Gasteiger partial charge in [-0.05, 0) is 48.8 Å². The molecule has 0 bridgehead atoms. The van der Waals surface area contributed by atoms with Gasteiger partial charge in [0, 0.05) is 20.2 Å². The van der Waals surface area contributed by atoms with E-state index in [0.29, 0.717) is 11.4 Å². The summed E-state index contributed by atoms with van der Waals surface area (Å²) in [5, 5.41) is 0. The van der Waals surface area contributed by atoms with Crippen LogP contribution >= 0.6 is 0 Å². The van der Waals surface area contributed by atoms with Crippen molar-refractivity contribution in [3.8, 4) is 0 Å². The van der Waals surface area contributed by atoms with Gasteiger partial charge in [-0.25, -0.2) is 12.7 Å². The van der Waals surface area contributed by atoms with Crippen LogP contribution < -0.4 is 0 Å². The van der Waals surface area contributed by atoms with Gasteiger partial charge in [0.05, 0.1) is 11.0 Å². The number of hydrogen-bond acceptors (Lipinski definition) is 3. The van der Waals surface area contributed by atoms with Crippen molar-refractivity contribution in [3.63, 3.8) is 0 Å². The molecule has 1 aliphatic heterocycles. The summed E-state index contributed by atoms with van der Waals surface area (Å²) in [7, 11) is -1.78. The van der Waals surface area contributed by atoms with E-state index in [2.05, 4.69) is 20.8 Å². The maximum atomic E-state index is 12.7. The van der Waals surface area contributed by atoms with Gasteiger partial charge in [0.25, 0.3) is 0 Å². The Hall–Kier alpha value is -0.910. The van der Waals surface area contributed by atoms with Crippen molar-refractivity contribution < 1.29 is 13.2 Å². The lowest BCUT2D eigenvalue weighted by Crippen LogP contribution is -2.31. The topological polar surface area (TPSA) is 46.6 Å². The summed E-state index contributed by atoms with van der Waals surface area (Å²) >= 11 is 0. The van der Waals surface area contributed by atoms with Crippen molar-refractivity contribution in [1.29, 1.82) is 0 Å². The van der Waals surface area contributed by atoms with Crippen LogP contribution in [0.3, 0.4) is 0 Å². The highest BCUT2D eigenvalue weighted by Gasteiger charge is 2.23. The van der Waals surface area contributed by atoms with Crippen LogP contribution in [-0.2, 0) is 20.2 Å². The molecule has 1 atom stereocenters. The third kappa shape index (κ3) is 4.78. The summed E-state index contributed by atoms with van der Waals surface area (Å²) in [6, 6.07) is 7.24. The summed E-state index contributed by atoms with van der Waals surface area (Å²) in [6.45, 7) is 7.65.